The molecule has 0 saturated carbocycles. The molecule has 0 aliphatic carbocycles. The smallest absolute Gasteiger partial charge is 0.238 e. The molecule has 1 saturated heterocycles. The standard InChI is InChI=1S/C14H20ClN3O3S.ClH/c1-22(20,21)11-3-4-12(15)13(9-11)17-14(19)10-18-7-2-5-16-6-8-18;/h3-4,9,16H,2,5-8,10H2,1H3,(H,17,19);1H. The highest BCUT2D eigenvalue weighted by Crippen LogP contribution is 2.25. The maximum absolute atomic E-state index is 12.1. The minimum Gasteiger partial charge on any atom is -0.324 e. The summed E-state index contributed by atoms with van der Waals surface area (Å²) in [6, 6.07) is 4.29. The van der Waals surface area contributed by atoms with Gasteiger partial charge in [-0.1, -0.05) is 11.6 Å². The van der Waals surface area contributed by atoms with E-state index in [0.29, 0.717) is 10.7 Å². The zero-order valence-electron chi connectivity index (χ0n) is 12.8. The molecule has 1 amide bonds. The van der Waals surface area contributed by atoms with E-state index in [9.17, 15) is 13.2 Å². The molecule has 23 heavy (non-hydrogen) atoms. The molecule has 1 aliphatic rings. The SMILES string of the molecule is CS(=O)(=O)c1ccc(Cl)c(NC(=O)CN2CCCNCC2)c1.Cl. The van der Waals surface area contributed by atoms with Crippen LogP contribution >= 0.6 is 24.0 Å². The number of carbonyl (C=O) groups is 1. The molecule has 2 N–H and O–H groups in total. The summed E-state index contributed by atoms with van der Waals surface area (Å²) in [6.07, 6.45) is 2.11. The van der Waals surface area contributed by atoms with Crippen molar-refractivity contribution in [2.75, 3.05) is 44.3 Å². The third kappa shape index (κ3) is 6.27. The Bertz CT molecular complexity index is 645. The molecule has 0 bridgehead atoms. The van der Waals surface area contributed by atoms with Crippen molar-refractivity contribution in [2.45, 2.75) is 11.3 Å². The Morgan fingerprint density at radius 3 is 2.78 bits per heavy atom. The number of sulfone groups is 1. The van der Waals surface area contributed by atoms with Gasteiger partial charge >= 0.3 is 0 Å². The minimum absolute atomic E-state index is 0. The predicted molar refractivity (Wildman–Crippen MR) is 94.4 cm³/mol. The van der Waals surface area contributed by atoms with E-state index in [4.69, 9.17) is 11.6 Å². The first kappa shape index (κ1) is 20.2. The lowest BCUT2D eigenvalue weighted by Gasteiger charge is -2.19. The summed E-state index contributed by atoms with van der Waals surface area (Å²) < 4.78 is 23.1. The van der Waals surface area contributed by atoms with Crippen LogP contribution in [0.3, 0.4) is 0 Å². The molecule has 0 atom stereocenters. The molecule has 2 rings (SSSR count). The highest BCUT2D eigenvalue weighted by molar-refractivity contribution is 7.90. The Hall–Kier alpha value is -0.860. The molecule has 130 valence electrons. The molecule has 0 unspecified atom stereocenters. The molecule has 0 spiro atoms. The summed E-state index contributed by atoms with van der Waals surface area (Å²) in [7, 11) is -3.34. The third-order valence-corrected chi connectivity index (χ3v) is 4.88. The maximum Gasteiger partial charge on any atom is 0.238 e. The van der Waals surface area contributed by atoms with Gasteiger partial charge in [-0.3, -0.25) is 9.69 Å². The number of rotatable bonds is 4. The van der Waals surface area contributed by atoms with Crippen LogP contribution in [-0.4, -0.2) is 58.2 Å². The van der Waals surface area contributed by atoms with Gasteiger partial charge in [0.1, 0.15) is 0 Å². The molecule has 1 fully saturated rings. The number of hydrogen-bond donors (Lipinski definition) is 2. The zero-order chi connectivity index (χ0) is 16.2. The quantitative estimate of drug-likeness (QED) is 0.823. The first-order valence-electron chi connectivity index (χ1n) is 7.09. The minimum atomic E-state index is -3.34. The van der Waals surface area contributed by atoms with Gasteiger partial charge in [0.25, 0.3) is 0 Å². The second-order valence-corrected chi connectivity index (χ2v) is 7.76. The van der Waals surface area contributed by atoms with Gasteiger partial charge in [0.15, 0.2) is 9.84 Å². The summed E-state index contributed by atoms with van der Waals surface area (Å²) in [4.78, 5) is 14.3. The molecule has 9 heteroatoms. The van der Waals surface area contributed by atoms with E-state index in [1.807, 2.05) is 0 Å². The number of nitrogens with zero attached hydrogens (tertiary/aromatic N) is 1. The van der Waals surface area contributed by atoms with E-state index < -0.39 is 9.84 Å². The number of carbonyl (C=O) groups excluding carboxylic acids is 1. The van der Waals surface area contributed by atoms with Crippen molar-refractivity contribution < 1.29 is 13.2 Å². The lowest BCUT2D eigenvalue weighted by atomic mass is 10.3. The molecule has 0 aromatic heterocycles. The summed E-state index contributed by atoms with van der Waals surface area (Å²) in [6.45, 7) is 3.75. The average molecular weight is 382 g/mol. The van der Waals surface area contributed by atoms with Gasteiger partial charge in [0.2, 0.25) is 5.91 Å². The Kier molecular flexibility index (Phi) is 7.76. The van der Waals surface area contributed by atoms with Crippen LogP contribution in [-0.2, 0) is 14.6 Å². The average Bonchev–Trinajstić information content (AvgIpc) is 2.68. The summed E-state index contributed by atoms with van der Waals surface area (Å²) in [5.74, 6) is -0.200. The fraction of sp³-hybridized carbons (Fsp3) is 0.500. The first-order valence-corrected chi connectivity index (χ1v) is 9.36. The fourth-order valence-electron chi connectivity index (χ4n) is 2.28. The molecular weight excluding hydrogens is 361 g/mol. The molecule has 0 radical (unpaired) electrons. The van der Waals surface area contributed by atoms with Crippen LogP contribution in [0.25, 0.3) is 0 Å². The van der Waals surface area contributed by atoms with Crippen molar-refractivity contribution in [3.63, 3.8) is 0 Å². The number of hydrogen-bond acceptors (Lipinski definition) is 5. The number of halogens is 2. The summed E-state index contributed by atoms with van der Waals surface area (Å²) in [5, 5.41) is 6.28. The predicted octanol–water partition coefficient (Wildman–Crippen LogP) is 1.40. The largest absolute Gasteiger partial charge is 0.324 e. The normalized spacial score (nSPS) is 16.3. The maximum atomic E-state index is 12.1. The van der Waals surface area contributed by atoms with Crippen LogP contribution in [0.5, 0.6) is 0 Å². The number of anilines is 1. The molecule has 1 heterocycles. The molecule has 6 nitrogen and oxygen atoms in total. The van der Waals surface area contributed by atoms with Gasteiger partial charge in [0.05, 0.1) is 22.2 Å². The van der Waals surface area contributed by atoms with Gasteiger partial charge in [0, 0.05) is 19.3 Å². The highest BCUT2D eigenvalue weighted by Gasteiger charge is 2.15. The van der Waals surface area contributed by atoms with Gasteiger partial charge in [-0.05, 0) is 37.7 Å². The zero-order valence-corrected chi connectivity index (χ0v) is 15.2. The Labute approximate surface area is 147 Å². The molecule has 1 aromatic carbocycles. The lowest BCUT2D eigenvalue weighted by Crippen LogP contribution is -2.35. The second-order valence-electron chi connectivity index (χ2n) is 5.34. The highest BCUT2D eigenvalue weighted by atomic mass is 35.5. The van der Waals surface area contributed by atoms with E-state index >= 15 is 0 Å². The number of nitrogens with one attached hydrogen (secondary N) is 2. The van der Waals surface area contributed by atoms with Crippen molar-refractivity contribution >= 4 is 45.4 Å². The first-order chi connectivity index (χ1) is 10.4. The number of amides is 1. The van der Waals surface area contributed by atoms with Gasteiger partial charge in [-0.2, -0.15) is 0 Å². The van der Waals surface area contributed by atoms with Crippen LogP contribution in [0.1, 0.15) is 6.42 Å². The van der Waals surface area contributed by atoms with Crippen molar-refractivity contribution in [1.29, 1.82) is 0 Å². The Balaban J connectivity index is 0.00000264. The van der Waals surface area contributed by atoms with Gasteiger partial charge < -0.3 is 10.6 Å². The van der Waals surface area contributed by atoms with Crippen molar-refractivity contribution in [1.82, 2.24) is 10.2 Å². The van der Waals surface area contributed by atoms with E-state index in [-0.39, 0.29) is 29.8 Å². The second kappa shape index (κ2) is 8.84. The van der Waals surface area contributed by atoms with Gasteiger partial charge in [-0.15, -0.1) is 12.4 Å². The Morgan fingerprint density at radius 1 is 1.35 bits per heavy atom. The molecule has 1 aromatic rings. The van der Waals surface area contributed by atoms with Crippen molar-refractivity contribution in [3.8, 4) is 0 Å². The van der Waals surface area contributed by atoms with Crippen molar-refractivity contribution in [3.05, 3.63) is 23.2 Å². The van der Waals surface area contributed by atoms with Gasteiger partial charge in [-0.25, -0.2) is 8.42 Å². The number of benzene rings is 1. The Morgan fingerprint density at radius 2 is 2.09 bits per heavy atom. The van der Waals surface area contributed by atoms with E-state index in [1.54, 1.807) is 0 Å². The molecular formula is C14H21Cl2N3O3S. The van der Waals surface area contributed by atoms with Crippen LogP contribution in [0.4, 0.5) is 5.69 Å². The topological polar surface area (TPSA) is 78.5 Å². The molecule has 1 aliphatic heterocycles. The lowest BCUT2D eigenvalue weighted by molar-refractivity contribution is -0.117. The van der Waals surface area contributed by atoms with Crippen LogP contribution in [0, 0.1) is 0 Å². The fourth-order valence-corrected chi connectivity index (χ4v) is 3.10. The van der Waals surface area contributed by atoms with E-state index in [0.717, 1.165) is 38.9 Å². The third-order valence-electron chi connectivity index (χ3n) is 3.44. The summed E-state index contributed by atoms with van der Waals surface area (Å²) in [5.41, 5.74) is 0.322. The van der Waals surface area contributed by atoms with E-state index in [1.165, 1.54) is 18.2 Å². The van der Waals surface area contributed by atoms with Crippen LogP contribution in [0.2, 0.25) is 5.02 Å². The van der Waals surface area contributed by atoms with Crippen LogP contribution < -0.4 is 10.6 Å². The monoisotopic (exact) mass is 381 g/mol. The van der Waals surface area contributed by atoms with Crippen LogP contribution in [0.15, 0.2) is 23.1 Å². The van der Waals surface area contributed by atoms with E-state index in [2.05, 4.69) is 15.5 Å². The summed E-state index contributed by atoms with van der Waals surface area (Å²) >= 11 is 6.03. The van der Waals surface area contributed by atoms with Crippen molar-refractivity contribution in [2.24, 2.45) is 0 Å².